The zero-order chi connectivity index (χ0) is 23.7. The van der Waals surface area contributed by atoms with Gasteiger partial charge in [0.1, 0.15) is 0 Å². The number of rotatable bonds is 9. The summed E-state index contributed by atoms with van der Waals surface area (Å²) in [4.78, 5) is 0. The van der Waals surface area contributed by atoms with E-state index >= 15 is 0 Å². The highest BCUT2D eigenvalue weighted by Gasteiger charge is 2.41. The van der Waals surface area contributed by atoms with E-state index < -0.39 is 20.1 Å². The van der Waals surface area contributed by atoms with Crippen LogP contribution in [0.5, 0.6) is 0 Å². The van der Waals surface area contributed by atoms with Crippen LogP contribution in [0.2, 0.25) is 0 Å². The molecule has 0 fully saturated rings. The second-order valence-electron chi connectivity index (χ2n) is 7.79. The van der Waals surface area contributed by atoms with E-state index in [9.17, 15) is 0 Å². The van der Waals surface area contributed by atoms with Crippen molar-refractivity contribution in [1.82, 2.24) is 14.0 Å². The van der Waals surface area contributed by atoms with Gasteiger partial charge in [0.15, 0.2) is 0 Å². The van der Waals surface area contributed by atoms with Crippen molar-refractivity contribution in [2.45, 2.75) is 0 Å². The lowest BCUT2D eigenvalue weighted by Gasteiger charge is -2.37. The van der Waals surface area contributed by atoms with Crippen molar-refractivity contribution in [2.24, 2.45) is 13.5 Å². The van der Waals surface area contributed by atoms with Crippen LogP contribution < -0.4 is 0 Å². The monoisotopic (exact) mass is 558 g/mol. The first-order chi connectivity index (χ1) is 15.6. The lowest BCUT2D eigenvalue weighted by molar-refractivity contribution is 0.587. The first-order valence-electron chi connectivity index (χ1n) is 10.1. The Kier molecular flexibility index (Phi) is 7.72. The van der Waals surface area contributed by atoms with Gasteiger partial charge in [-0.25, -0.2) is 14.0 Å². The molecule has 0 bridgehead atoms. The summed E-state index contributed by atoms with van der Waals surface area (Å²) in [6, 6.07) is 0. The van der Waals surface area contributed by atoms with Crippen LogP contribution in [0.1, 0.15) is 0 Å². The molecular formula is C21H24Cl3N6P3. The van der Waals surface area contributed by atoms with Gasteiger partial charge in [0.2, 0.25) is 20.1 Å². The summed E-state index contributed by atoms with van der Waals surface area (Å²) in [7, 11) is 5.70. The van der Waals surface area contributed by atoms with Crippen LogP contribution in [0.15, 0.2) is 102 Å². The minimum atomic E-state index is -2.95. The lowest BCUT2D eigenvalue weighted by atomic mass is 10.3. The third kappa shape index (κ3) is 5.73. The predicted octanol–water partition coefficient (Wildman–Crippen LogP) is 8.30. The van der Waals surface area contributed by atoms with Gasteiger partial charge in [-0.15, -0.1) is 17.2 Å². The summed E-state index contributed by atoms with van der Waals surface area (Å²) < 4.78 is 20.6. The maximum Gasteiger partial charge on any atom is 0.239 e. The van der Waals surface area contributed by atoms with Gasteiger partial charge < -0.3 is 0 Å². The Morgan fingerprint density at radius 3 is 1.09 bits per heavy atom. The van der Waals surface area contributed by atoms with E-state index in [0.717, 1.165) is 16.7 Å². The molecule has 0 aromatic carbocycles. The topological polar surface area (TPSA) is 46.8 Å². The second kappa shape index (κ2) is 10.1. The highest BCUT2D eigenvalue weighted by atomic mass is 35.7. The fraction of sp³-hybridized carbons (Fsp3) is 0.286. The molecule has 1 heterocycles. The average Bonchev–Trinajstić information content (AvgIpc) is 3.51. The molecule has 33 heavy (non-hydrogen) atoms. The van der Waals surface area contributed by atoms with Crippen LogP contribution in [-0.2, 0) is 0 Å². The molecule has 3 aliphatic carbocycles. The fourth-order valence-corrected chi connectivity index (χ4v) is 19.0. The molecule has 0 amide bonds. The SMILES string of the molecule is CN(CC1=C=CC=C1)P1(Cl)=NP(Cl)(N(C)CC2=C=CC=C2)=NP(Cl)(N(C)CC2=C=CC=C2)=N1. The number of hydrogen-bond acceptors (Lipinski definition) is 6. The molecule has 0 N–H and O–H groups in total. The molecule has 0 unspecified atom stereocenters. The summed E-state index contributed by atoms with van der Waals surface area (Å²) in [6.45, 7) is -7.26. The van der Waals surface area contributed by atoms with Gasteiger partial charge in [-0.2, -0.15) is 13.5 Å². The molecule has 0 saturated carbocycles. The summed E-state index contributed by atoms with van der Waals surface area (Å²) in [5, 5.41) is 0. The van der Waals surface area contributed by atoms with E-state index in [0.29, 0.717) is 19.6 Å². The van der Waals surface area contributed by atoms with E-state index in [4.69, 9.17) is 47.3 Å². The molecule has 12 heteroatoms. The zero-order valence-electron chi connectivity index (χ0n) is 18.5. The standard InChI is InChI=1S/C21H24Cl3N6P3/c1-28(16-19-10-4-5-11-19)31(22)25-32(23,29(2)17-20-12-6-7-13-20)27-33(24,26-31)30(3)18-21-14-8-9-15-21/h4-10,12,14H,16-18H2,1-3H3. The van der Waals surface area contributed by atoms with Crippen LogP contribution in [0, 0.1) is 0 Å². The third-order valence-corrected chi connectivity index (χ3v) is 19.6. The van der Waals surface area contributed by atoms with Crippen molar-refractivity contribution in [3.8, 4) is 0 Å². The fourth-order valence-electron chi connectivity index (χ4n) is 3.30. The van der Waals surface area contributed by atoms with E-state index in [1.807, 2.05) is 89.8 Å². The number of allylic oxidation sites excluding steroid dienone is 3. The highest BCUT2D eigenvalue weighted by Crippen LogP contribution is 2.85. The number of halogens is 3. The third-order valence-electron chi connectivity index (χ3n) is 5.17. The molecule has 0 atom stereocenters. The average molecular weight is 560 g/mol. The van der Waals surface area contributed by atoms with Crippen LogP contribution in [0.4, 0.5) is 0 Å². The Labute approximate surface area is 210 Å². The Morgan fingerprint density at radius 2 is 0.879 bits per heavy atom. The van der Waals surface area contributed by atoms with Gasteiger partial charge in [-0.3, -0.25) is 0 Å². The van der Waals surface area contributed by atoms with Gasteiger partial charge in [-0.05, 0) is 91.3 Å². The van der Waals surface area contributed by atoms with Crippen molar-refractivity contribution in [3.63, 3.8) is 0 Å². The van der Waals surface area contributed by atoms with Gasteiger partial charge in [0.25, 0.3) is 0 Å². The molecule has 0 saturated heterocycles. The highest BCUT2D eigenvalue weighted by molar-refractivity contribution is 8.07. The van der Waals surface area contributed by atoms with Crippen molar-refractivity contribution in [1.29, 1.82) is 0 Å². The van der Waals surface area contributed by atoms with Crippen LogP contribution >= 0.6 is 53.8 Å². The largest absolute Gasteiger partial charge is 0.239 e. The normalized spacial score (nSPS) is 31.4. The summed E-state index contributed by atoms with van der Waals surface area (Å²) >= 11 is 21.6. The predicted molar refractivity (Wildman–Crippen MR) is 146 cm³/mol. The Bertz CT molecular complexity index is 1150. The molecule has 0 aromatic heterocycles. The smallest absolute Gasteiger partial charge is 0.238 e. The molecular weight excluding hydrogens is 536 g/mol. The van der Waals surface area contributed by atoms with Crippen LogP contribution in [-0.4, -0.2) is 54.8 Å². The Balaban J connectivity index is 1.77. The Morgan fingerprint density at radius 1 is 0.606 bits per heavy atom. The minimum Gasteiger partial charge on any atom is -0.238 e. The molecule has 6 nitrogen and oxygen atoms in total. The number of hydrogen-bond donors (Lipinski definition) is 0. The molecule has 4 aliphatic rings. The Hall–Kier alpha value is -0.780. The van der Waals surface area contributed by atoms with Crippen LogP contribution in [0.3, 0.4) is 0 Å². The molecule has 0 spiro atoms. The molecule has 4 rings (SSSR count). The number of nitrogens with zero attached hydrogens (tertiary/aromatic N) is 6. The van der Waals surface area contributed by atoms with E-state index in [2.05, 4.69) is 17.2 Å². The van der Waals surface area contributed by atoms with E-state index in [1.54, 1.807) is 0 Å². The van der Waals surface area contributed by atoms with E-state index in [-0.39, 0.29) is 0 Å². The summed E-state index contributed by atoms with van der Waals surface area (Å²) in [6.07, 6.45) is 17.4. The lowest BCUT2D eigenvalue weighted by Crippen LogP contribution is -2.20. The minimum absolute atomic E-state index is 0.533. The summed E-state index contributed by atoms with van der Waals surface area (Å²) in [5.74, 6) is 0. The first kappa shape index (κ1) is 25.3. The van der Waals surface area contributed by atoms with Gasteiger partial charge in [0, 0.05) is 36.4 Å². The quantitative estimate of drug-likeness (QED) is 0.211. The van der Waals surface area contributed by atoms with Crippen molar-refractivity contribution >= 4 is 53.8 Å². The molecule has 0 aromatic rings. The molecule has 1 aliphatic heterocycles. The first-order valence-corrected chi connectivity index (χ1v) is 17.8. The van der Waals surface area contributed by atoms with Gasteiger partial charge in [-0.1, -0.05) is 18.2 Å². The molecule has 0 radical (unpaired) electrons. The number of likely N-dealkylation sites (N-methyl/N-ethyl adjacent to an activating group) is 3. The van der Waals surface area contributed by atoms with Crippen molar-refractivity contribution in [2.75, 3.05) is 40.8 Å². The maximum absolute atomic E-state index is 7.21. The van der Waals surface area contributed by atoms with Crippen molar-refractivity contribution in [3.05, 3.63) is 88.6 Å². The van der Waals surface area contributed by atoms with Gasteiger partial charge in [0.05, 0.1) is 0 Å². The zero-order valence-corrected chi connectivity index (χ0v) is 23.4. The van der Waals surface area contributed by atoms with Crippen LogP contribution in [0.25, 0.3) is 0 Å². The second-order valence-corrected chi connectivity index (χ2v) is 19.0. The van der Waals surface area contributed by atoms with E-state index in [1.165, 1.54) is 0 Å². The van der Waals surface area contributed by atoms with Gasteiger partial charge >= 0.3 is 0 Å². The summed E-state index contributed by atoms with van der Waals surface area (Å²) in [5.41, 5.74) is 12.6. The van der Waals surface area contributed by atoms with Crippen molar-refractivity contribution < 1.29 is 0 Å². The molecule has 174 valence electrons. The maximum atomic E-state index is 7.21.